The number of carbonyl (C=O) groups excluding carboxylic acids is 6. The van der Waals surface area contributed by atoms with Crippen molar-refractivity contribution >= 4 is 128 Å². The Hall–Kier alpha value is -10.3. The summed E-state index contributed by atoms with van der Waals surface area (Å²) < 4.78 is 52.0. The van der Waals surface area contributed by atoms with Gasteiger partial charge in [0.1, 0.15) is 29.2 Å². The lowest BCUT2D eigenvalue weighted by atomic mass is 9.71. The monoisotopic (exact) mass is 1620 g/mol. The molecule has 17 rings (SSSR count). The predicted octanol–water partition coefficient (Wildman–Crippen LogP) is 9.78. The van der Waals surface area contributed by atoms with E-state index in [0.29, 0.717) is 50.3 Å². The summed E-state index contributed by atoms with van der Waals surface area (Å²) in [5.41, 5.74) is 1.06. The quantitative estimate of drug-likeness (QED) is 0.0410. The number of benzene rings is 4. The molecule has 6 N–H and O–H groups in total. The second-order valence-corrected chi connectivity index (χ2v) is 36.0. The van der Waals surface area contributed by atoms with Gasteiger partial charge < -0.3 is 45.3 Å². The van der Waals surface area contributed by atoms with E-state index < -0.39 is 70.9 Å². The number of fused-ring (bicyclic) bond motifs is 4. The molecule has 3 atom stereocenters. The highest BCUT2D eigenvalue weighted by Crippen LogP contribution is 2.47. The third-order valence-electron chi connectivity index (χ3n) is 25.2. The fraction of sp³-hybridized carbons (Fsp3) is 0.482. The van der Waals surface area contributed by atoms with E-state index in [9.17, 15) is 61.7 Å². The highest BCUT2D eigenvalue weighted by molar-refractivity contribution is 7.22. The summed E-state index contributed by atoms with van der Waals surface area (Å²) in [6.45, 7) is 14.7. The number of piperidine rings is 4. The first kappa shape index (κ1) is 78.2. The number of para-hydroxylation sites is 2. The Balaban J connectivity index is 0.549. The average Bonchev–Trinajstić information content (AvgIpc) is 1.50. The van der Waals surface area contributed by atoms with E-state index in [1.54, 1.807) is 54.4 Å². The van der Waals surface area contributed by atoms with Crippen LogP contribution in [0.2, 0.25) is 0 Å². The maximum atomic E-state index is 14.9. The van der Waals surface area contributed by atoms with Crippen LogP contribution < -0.4 is 47.3 Å². The molecule has 608 valence electrons. The van der Waals surface area contributed by atoms with Crippen molar-refractivity contribution in [2.24, 2.45) is 31.3 Å². The second-order valence-electron chi connectivity index (χ2n) is 33.9. The number of thiazole rings is 2. The Morgan fingerprint density at radius 2 is 1.22 bits per heavy atom. The van der Waals surface area contributed by atoms with Gasteiger partial charge in [0.25, 0.3) is 11.8 Å². The summed E-state index contributed by atoms with van der Waals surface area (Å²) in [5, 5.41) is 36.8. The first-order valence-electron chi connectivity index (χ1n) is 39.9. The summed E-state index contributed by atoms with van der Waals surface area (Å²) in [4.78, 5) is 141. The van der Waals surface area contributed by atoms with Gasteiger partial charge >= 0.3 is 17.6 Å². The van der Waals surface area contributed by atoms with Crippen LogP contribution in [0.25, 0.3) is 42.5 Å². The van der Waals surface area contributed by atoms with Gasteiger partial charge in [-0.15, -0.1) is 11.3 Å². The van der Waals surface area contributed by atoms with Gasteiger partial charge in [-0.2, -0.15) is 13.2 Å². The lowest BCUT2D eigenvalue weighted by Gasteiger charge is -2.56. The molecule has 4 aromatic carbocycles. The minimum atomic E-state index is -4.97. The molecule has 10 aromatic rings. The Morgan fingerprint density at radius 1 is 0.647 bits per heavy atom. The molecule has 7 fully saturated rings. The van der Waals surface area contributed by atoms with Gasteiger partial charge in [-0.1, -0.05) is 29.5 Å². The third-order valence-corrected chi connectivity index (χ3v) is 27.5. The Morgan fingerprint density at radius 3 is 1.80 bits per heavy atom. The summed E-state index contributed by atoms with van der Waals surface area (Å²) in [7, 11) is 5.66. The molecule has 6 aromatic heterocycles. The molecule has 12 heterocycles. The number of nitrogens with one attached hydrogen (secondary N) is 4. The first-order chi connectivity index (χ1) is 55.3. The number of alkyl halides is 3. The molecule has 33 heteroatoms. The van der Waals surface area contributed by atoms with E-state index >= 15 is 0 Å². The zero-order chi connectivity index (χ0) is 81.3. The highest BCUT2D eigenvalue weighted by Gasteiger charge is 2.47. The van der Waals surface area contributed by atoms with Crippen molar-refractivity contribution in [1.82, 2.24) is 63.6 Å². The summed E-state index contributed by atoms with van der Waals surface area (Å²) in [6.07, 6.45) is 5.75. The Kier molecular flexibility index (Phi) is 20.2. The standard InChI is InChI=1S/C83H93F3N18O10S2/c1-45-37-87-38-57(88-45)72(107)89-54-35-64-55(91-76(115-64)48-16-14-46(15-17-48)39-96(5)50-24-28-100(29-25-50)58-10-8-12-60-70(58)97(6)78(111)103(60)62-19-22-67(105)94-73(62)108)33-52(54)81(4,114)36-49-18-21-66(83(84,85)86)93-69(49)75(110)90-53-34-65-56(32-51(53)80(2,3)113)92-77(116-65)102-41-47(42-102)40-99-43-82(44-99)26-30-101(31-27-82)59-11-9-13-61-71(59)98(7)79(112)104(61)63-20-23-68(106)95-74(63)109/h8-13,18,21,32-35,37-38,46-48,50,62-63,113-114H,14-17,19-20,22-31,36,39-44H2,1-7H3,(H,89,107)(H,90,110)(H,94,105,108)(H,95,106,109). The lowest BCUT2D eigenvalue weighted by Crippen LogP contribution is -2.63. The van der Waals surface area contributed by atoms with Crippen LogP contribution in [0, 0.1) is 24.2 Å². The van der Waals surface area contributed by atoms with Gasteiger partial charge in [-0.25, -0.2) is 29.5 Å². The van der Waals surface area contributed by atoms with Crippen LogP contribution >= 0.6 is 22.7 Å². The molecule has 7 aliphatic rings. The predicted molar refractivity (Wildman–Crippen MR) is 435 cm³/mol. The summed E-state index contributed by atoms with van der Waals surface area (Å²) >= 11 is 2.89. The lowest BCUT2D eigenvalue weighted by molar-refractivity contribution is -0.141. The van der Waals surface area contributed by atoms with E-state index in [-0.39, 0.29) is 94.0 Å². The van der Waals surface area contributed by atoms with Crippen LogP contribution in [0.4, 0.5) is 41.1 Å². The van der Waals surface area contributed by atoms with Crippen LogP contribution in [0.15, 0.2) is 94.8 Å². The molecular weight excluding hydrogens is 1530 g/mol. The maximum absolute atomic E-state index is 14.9. The van der Waals surface area contributed by atoms with E-state index in [4.69, 9.17) is 9.97 Å². The minimum absolute atomic E-state index is 0.00498. The van der Waals surface area contributed by atoms with Crippen molar-refractivity contribution in [3.8, 4) is 0 Å². The van der Waals surface area contributed by atoms with Gasteiger partial charge in [0.2, 0.25) is 23.6 Å². The van der Waals surface area contributed by atoms with Gasteiger partial charge in [0.05, 0.1) is 82.0 Å². The van der Waals surface area contributed by atoms with Crippen molar-refractivity contribution < 1.29 is 52.2 Å². The van der Waals surface area contributed by atoms with Crippen molar-refractivity contribution in [2.75, 3.05) is 97.8 Å². The molecule has 1 aliphatic carbocycles. The molecule has 6 saturated heterocycles. The van der Waals surface area contributed by atoms with E-state index in [2.05, 4.69) is 67.8 Å². The molecule has 0 radical (unpaired) electrons. The van der Waals surface area contributed by atoms with Gasteiger partial charge in [-0.05, 0) is 170 Å². The molecule has 28 nitrogen and oxygen atoms in total. The van der Waals surface area contributed by atoms with Gasteiger partial charge in [0.15, 0.2) is 5.13 Å². The highest BCUT2D eigenvalue weighted by atomic mass is 32.1. The third kappa shape index (κ3) is 14.8. The Bertz CT molecular complexity index is 5760. The number of amides is 6. The van der Waals surface area contributed by atoms with Crippen molar-refractivity contribution in [3.05, 3.63) is 151 Å². The summed E-state index contributed by atoms with van der Waals surface area (Å²) in [6, 6.07) is 19.1. The number of pyridine rings is 1. The second kappa shape index (κ2) is 30.0. The molecule has 6 aliphatic heterocycles. The van der Waals surface area contributed by atoms with Crippen LogP contribution in [0.3, 0.4) is 0 Å². The fourth-order valence-electron chi connectivity index (χ4n) is 19.1. The molecule has 3 unspecified atom stereocenters. The number of carbonyl (C=O) groups is 6. The number of hydrogen-bond donors (Lipinski definition) is 6. The zero-order valence-electron chi connectivity index (χ0n) is 65.7. The van der Waals surface area contributed by atoms with Crippen LogP contribution in [-0.4, -0.2) is 177 Å². The van der Waals surface area contributed by atoms with Crippen molar-refractivity contribution in [1.29, 1.82) is 0 Å². The number of nitrogens with zero attached hydrogens (tertiary/aromatic N) is 14. The smallest absolute Gasteiger partial charge is 0.386 e. The number of likely N-dealkylation sites (tertiary alicyclic amines) is 1. The number of halogens is 3. The number of aromatic nitrogens is 9. The van der Waals surface area contributed by atoms with E-state index in [1.807, 2.05) is 36.4 Å². The van der Waals surface area contributed by atoms with E-state index in [1.165, 1.54) is 65.0 Å². The van der Waals surface area contributed by atoms with Crippen LogP contribution in [0.5, 0.6) is 0 Å². The summed E-state index contributed by atoms with van der Waals surface area (Å²) in [5.74, 6) is -2.32. The topological polar surface area (TPSA) is 326 Å². The Labute approximate surface area is 673 Å². The minimum Gasteiger partial charge on any atom is -0.386 e. The number of hydrogen-bond acceptors (Lipinski definition) is 22. The molecule has 116 heavy (non-hydrogen) atoms. The van der Waals surface area contributed by atoms with Gasteiger partial charge in [-0.3, -0.25) is 62.7 Å². The molecule has 1 spiro atoms. The van der Waals surface area contributed by atoms with Crippen LogP contribution in [0.1, 0.15) is 170 Å². The van der Waals surface area contributed by atoms with E-state index in [0.717, 1.165) is 166 Å². The molecule has 6 amide bonds. The number of imide groups is 2. The maximum Gasteiger partial charge on any atom is 0.433 e. The first-order valence-corrected chi connectivity index (χ1v) is 41.5. The number of imidazole rings is 2. The SMILES string of the molecule is Cc1cncc(C(=O)Nc2cc3sc(C4CCC(CN(C)C5CCN(c6cccc7c6n(C)c(=O)n7C6CCC(=O)NC6=O)CC5)CC4)nc3cc2C(C)(O)Cc2ccc(C(F)(F)F)nc2C(=O)Nc2cc3sc(N4CC(CN5CC6(CCN(c7cccc8c7n(C)c(=O)n8C7CCC(=O)NC7=O)CC6)C5)C4)nc3cc2C(C)(C)O)n1. The van der Waals surface area contributed by atoms with Gasteiger partial charge in [0, 0.05) is 145 Å². The molecule has 1 saturated carbocycles. The average molecular weight is 1620 g/mol. The number of aryl methyl sites for hydroxylation is 3. The number of rotatable bonds is 19. The molecule has 0 bridgehead atoms. The van der Waals surface area contributed by atoms with Crippen LogP contribution in [-0.2, 0) is 57.1 Å². The normalized spacial score (nSPS) is 21.3. The van der Waals surface area contributed by atoms with Crippen molar-refractivity contribution in [2.45, 2.75) is 153 Å². The number of aliphatic hydroxyl groups is 2. The van der Waals surface area contributed by atoms with Crippen molar-refractivity contribution in [3.63, 3.8) is 0 Å². The zero-order valence-corrected chi connectivity index (χ0v) is 67.3. The largest absolute Gasteiger partial charge is 0.433 e. The number of anilines is 5. The fourth-order valence-corrected chi connectivity index (χ4v) is 21.3. The molecular formula is C83H93F3N18O10S2.